The molecule has 0 saturated heterocycles. The number of nitrogens with one attached hydrogen (secondary N) is 1. The SMILES string of the molecule is Cc1cccc(Nc2nnc(SC(C)C#N)s2)c1C. The lowest BCUT2D eigenvalue weighted by atomic mass is 10.1. The summed E-state index contributed by atoms with van der Waals surface area (Å²) in [5.41, 5.74) is 3.49. The number of nitriles is 1. The van der Waals surface area contributed by atoms with Gasteiger partial charge in [-0.05, 0) is 38.0 Å². The van der Waals surface area contributed by atoms with Crippen LogP contribution in [0, 0.1) is 25.2 Å². The Balaban J connectivity index is 2.12. The molecular weight excluding hydrogens is 276 g/mol. The van der Waals surface area contributed by atoms with Gasteiger partial charge in [0.2, 0.25) is 5.13 Å². The van der Waals surface area contributed by atoms with Gasteiger partial charge in [0.1, 0.15) is 0 Å². The van der Waals surface area contributed by atoms with Crippen LogP contribution in [0.4, 0.5) is 10.8 Å². The highest BCUT2D eigenvalue weighted by Gasteiger charge is 2.10. The number of hydrogen-bond acceptors (Lipinski definition) is 6. The monoisotopic (exact) mass is 290 g/mol. The van der Waals surface area contributed by atoms with Gasteiger partial charge >= 0.3 is 0 Å². The molecule has 2 rings (SSSR count). The van der Waals surface area contributed by atoms with Crippen molar-refractivity contribution >= 4 is 33.9 Å². The van der Waals surface area contributed by atoms with Crippen LogP contribution in [0.2, 0.25) is 0 Å². The zero-order chi connectivity index (χ0) is 13.8. The Morgan fingerprint density at radius 3 is 2.89 bits per heavy atom. The molecule has 0 spiro atoms. The first-order valence-electron chi connectivity index (χ1n) is 5.83. The van der Waals surface area contributed by atoms with Crippen LogP contribution in [0.15, 0.2) is 22.5 Å². The molecule has 0 aliphatic rings. The Bertz CT molecular complexity index is 615. The maximum atomic E-state index is 8.78. The molecule has 0 saturated carbocycles. The summed E-state index contributed by atoms with van der Waals surface area (Å²) < 4.78 is 0.807. The molecule has 1 aromatic carbocycles. The van der Waals surface area contributed by atoms with E-state index in [1.165, 1.54) is 34.2 Å². The lowest BCUT2D eigenvalue weighted by molar-refractivity contribution is 1.01. The average Bonchev–Trinajstić information content (AvgIpc) is 2.82. The summed E-state index contributed by atoms with van der Waals surface area (Å²) in [7, 11) is 0. The Hall–Kier alpha value is -1.58. The predicted molar refractivity (Wildman–Crippen MR) is 80.0 cm³/mol. The number of rotatable bonds is 4. The highest BCUT2D eigenvalue weighted by atomic mass is 32.2. The van der Waals surface area contributed by atoms with Crippen LogP contribution in [-0.4, -0.2) is 15.4 Å². The summed E-state index contributed by atoms with van der Waals surface area (Å²) >= 11 is 2.89. The molecule has 1 atom stereocenters. The number of aromatic nitrogens is 2. The normalized spacial score (nSPS) is 11.9. The van der Waals surface area contributed by atoms with Gasteiger partial charge in [-0.2, -0.15) is 5.26 Å². The summed E-state index contributed by atoms with van der Waals surface area (Å²) in [4.78, 5) is 0. The van der Waals surface area contributed by atoms with Gasteiger partial charge < -0.3 is 5.32 Å². The standard InChI is InChI=1S/C13H14N4S2/c1-8-5-4-6-11(10(8)3)15-12-16-17-13(19-12)18-9(2)7-14/h4-6,9H,1-3H3,(H,15,16). The summed E-state index contributed by atoms with van der Waals surface area (Å²) in [6, 6.07) is 8.29. The molecular formula is C13H14N4S2. The lowest BCUT2D eigenvalue weighted by Gasteiger charge is -2.08. The molecule has 0 radical (unpaired) electrons. The smallest absolute Gasteiger partial charge is 0.210 e. The second-order valence-electron chi connectivity index (χ2n) is 4.13. The minimum Gasteiger partial charge on any atom is -0.330 e. The van der Waals surface area contributed by atoms with Gasteiger partial charge in [0.15, 0.2) is 4.34 Å². The van der Waals surface area contributed by atoms with Crippen molar-refractivity contribution < 1.29 is 0 Å². The first-order chi connectivity index (χ1) is 9.10. The molecule has 19 heavy (non-hydrogen) atoms. The zero-order valence-electron chi connectivity index (χ0n) is 11.0. The minimum atomic E-state index is -0.110. The fourth-order valence-electron chi connectivity index (χ4n) is 1.49. The van der Waals surface area contributed by atoms with Gasteiger partial charge in [-0.15, -0.1) is 10.2 Å². The van der Waals surface area contributed by atoms with Crippen LogP contribution in [-0.2, 0) is 0 Å². The van der Waals surface area contributed by atoms with E-state index in [1.807, 2.05) is 19.1 Å². The molecule has 0 aliphatic heterocycles. The van der Waals surface area contributed by atoms with Crippen molar-refractivity contribution in [1.82, 2.24) is 10.2 Å². The maximum Gasteiger partial charge on any atom is 0.210 e. The largest absolute Gasteiger partial charge is 0.330 e. The molecule has 0 bridgehead atoms. The van der Waals surface area contributed by atoms with Gasteiger partial charge in [0.25, 0.3) is 0 Å². The van der Waals surface area contributed by atoms with Crippen molar-refractivity contribution in [2.24, 2.45) is 0 Å². The van der Waals surface area contributed by atoms with E-state index in [4.69, 9.17) is 5.26 Å². The van der Waals surface area contributed by atoms with Gasteiger partial charge in [-0.3, -0.25) is 0 Å². The van der Waals surface area contributed by atoms with Crippen LogP contribution in [0.1, 0.15) is 18.1 Å². The van der Waals surface area contributed by atoms with Gasteiger partial charge in [0.05, 0.1) is 11.3 Å². The van der Waals surface area contributed by atoms with Crippen molar-refractivity contribution in [2.45, 2.75) is 30.4 Å². The molecule has 6 heteroatoms. The molecule has 0 aliphatic carbocycles. The van der Waals surface area contributed by atoms with Gasteiger partial charge in [-0.1, -0.05) is 35.2 Å². The molecule has 1 N–H and O–H groups in total. The van der Waals surface area contributed by atoms with Crippen LogP contribution in [0.25, 0.3) is 0 Å². The molecule has 98 valence electrons. The predicted octanol–water partition coefficient (Wildman–Crippen LogP) is 3.90. The van der Waals surface area contributed by atoms with Crippen LogP contribution in [0.5, 0.6) is 0 Å². The second-order valence-corrected chi connectivity index (χ2v) is 6.70. The molecule has 1 heterocycles. The Kier molecular flexibility index (Phi) is 4.40. The third-order valence-corrected chi connectivity index (χ3v) is 4.63. The Labute approximate surface area is 120 Å². The zero-order valence-corrected chi connectivity index (χ0v) is 12.6. The third-order valence-electron chi connectivity index (χ3n) is 2.71. The number of thioether (sulfide) groups is 1. The number of aryl methyl sites for hydroxylation is 1. The molecule has 2 aromatic rings. The summed E-state index contributed by atoms with van der Waals surface area (Å²) in [6.07, 6.45) is 0. The molecule has 4 nitrogen and oxygen atoms in total. The van der Waals surface area contributed by atoms with E-state index in [2.05, 4.69) is 41.5 Å². The minimum absolute atomic E-state index is 0.110. The van der Waals surface area contributed by atoms with Crippen LogP contribution < -0.4 is 5.32 Å². The van der Waals surface area contributed by atoms with E-state index in [0.717, 1.165) is 15.2 Å². The lowest BCUT2D eigenvalue weighted by Crippen LogP contribution is -1.94. The molecule has 0 fully saturated rings. The fraction of sp³-hybridized carbons (Fsp3) is 0.308. The first-order valence-corrected chi connectivity index (χ1v) is 7.53. The van der Waals surface area contributed by atoms with Crippen molar-refractivity contribution in [1.29, 1.82) is 5.26 Å². The van der Waals surface area contributed by atoms with Gasteiger partial charge in [-0.25, -0.2) is 0 Å². The van der Waals surface area contributed by atoms with E-state index in [1.54, 1.807) is 0 Å². The fourth-order valence-corrected chi connectivity index (χ4v) is 3.28. The number of benzene rings is 1. The number of hydrogen-bond donors (Lipinski definition) is 1. The Morgan fingerprint density at radius 2 is 2.16 bits per heavy atom. The summed E-state index contributed by atoms with van der Waals surface area (Å²) in [5.74, 6) is 0. The third kappa shape index (κ3) is 3.46. The van der Waals surface area contributed by atoms with Crippen LogP contribution >= 0.6 is 23.1 Å². The summed E-state index contributed by atoms with van der Waals surface area (Å²) in [5, 5.41) is 20.9. The average molecular weight is 290 g/mol. The topological polar surface area (TPSA) is 61.6 Å². The highest BCUT2D eigenvalue weighted by Crippen LogP contribution is 2.31. The Morgan fingerprint density at radius 1 is 1.37 bits per heavy atom. The quantitative estimate of drug-likeness (QED) is 0.865. The first kappa shape index (κ1) is 13.8. The molecule has 1 aromatic heterocycles. The highest BCUT2D eigenvalue weighted by molar-refractivity contribution is 8.01. The van der Waals surface area contributed by atoms with Crippen LogP contribution in [0.3, 0.4) is 0 Å². The van der Waals surface area contributed by atoms with Crippen molar-refractivity contribution in [3.05, 3.63) is 29.3 Å². The van der Waals surface area contributed by atoms with E-state index < -0.39 is 0 Å². The van der Waals surface area contributed by atoms with E-state index in [9.17, 15) is 0 Å². The number of anilines is 2. The van der Waals surface area contributed by atoms with Crippen molar-refractivity contribution in [2.75, 3.05) is 5.32 Å². The van der Waals surface area contributed by atoms with Gasteiger partial charge in [0, 0.05) is 5.69 Å². The van der Waals surface area contributed by atoms with E-state index in [0.29, 0.717) is 0 Å². The second kappa shape index (κ2) is 6.04. The molecule has 0 amide bonds. The maximum absolute atomic E-state index is 8.78. The van der Waals surface area contributed by atoms with Crippen molar-refractivity contribution in [3.63, 3.8) is 0 Å². The number of nitrogens with zero attached hydrogens (tertiary/aromatic N) is 3. The molecule has 1 unspecified atom stereocenters. The summed E-state index contributed by atoms with van der Waals surface area (Å²) in [6.45, 7) is 6.01. The van der Waals surface area contributed by atoms with E-state index in [-0.39, 0.29) is 5.25 Å². The van der Waals surface area contributed by atoms with E-state index >= 15 is 0 Å². The van der Waals surface area contributed by atoms with Crippen molar-refractivity contribution in [3.8, 4) is 6.07 Å².